The van der Waals surface area contributed by atoms with Crippen LogP contribution in [0.1, 0.15) is 11.1 Å². The van der Waals surface area contributed by atoms with Crippen LogP contribution in [-0.4, -0.2) is 35.4 Å². The van der Waals surface area contributed by atoms with Gasteiger partial charge in [-0.1, -0.05) is 30.3 Å². The van der Waals surface area contributed by atoms with E-state index in [1.807, 2.05) is 47.3 Å². The van der Waals surface area contributed by atoms with Crippen LogP contribution in [0.15, 0.2) is 104 Å². The molecule has 0 atom stereocenters. The van der Waals surface area contributed by atoms with Crippen molar-refractivity contribution in [3.8, 4) is 17.1 Å². The average Bonchev–Trinajstić information content (AvgIpc) is 3.55. The highest BCUT2D eigenvalue weighted by Gasteiger charge is 2.11. The van der Waals surface area contributed by atoms with Crippen molar-refractivity contribution in [2.24, 2.45) is 0 Å². The molecule has 8 nitrogen and oxygen atoms in total. The predicted molar refractivity (Wildman–Crippen MR) is 130 cm³/mol. The molecule has 0 unspecified atom stereocenters. The maximum Gasteiger partial charge on any atom is 0.248 e. The summed E-state index contributed by atoms with van der Waals surface area (Å²) < 4.78 is 3.52. The Balaban J connectivity index is 1.34. The third-order valence-electron chi connectivity index (χ3n) is 5.08. The number of benzene rings is 1. The number of aromatic nitrogens is 6. The van der Waals surface area contributed by atoms with Crippen LogP contribution < -0.4 is 5.32 Å². The molecule has 0 spiro atoms. The number of nitrogens with zero attached hydrogens (tertiary/aromatic N) is 6. The number of rotatable bonds is 7. The fourth-order valence-electron chi connectivity index (χ4n) is 3.49. The zero-order chi connectivity index (χ0) is 23.2. The molecule has 4 heterocycles. The molecule has 0 aliphatic carbocycles. The monoisotopic (exact) mass is 447 g/mol. The van der Waals surface area contributed by atoms with E-state index in [2.05, 4.69) is 32.5 Å². The summed E-state index contributed by atoms with van der Waals surface area (Å²) in [4.78, 5) is 21.1. The van der Waals surface area contributed by atoms with E-state index in [1.165, 1.54) is 6.08 Å². The molecule has 1 N–H and O–H groups in total. The normalized spacial score (nSPS) is 11.1. The van der Waals surface area contributed by atoms with Gasteiger partial charge >= 0.3 is 0 Å². The molecule has 8 heteroatoms. The van der Waals surface area contributed by atoms with Crippen LogP contribution in [0.3, 0.4) is 0 Å². The van der Waals surface area contributed by atoms with Gasteiger partial charge in [-0.3, -0.25) is 14.5 Å². The van der Waals surface area contributed by atoms with E-state index >= 15 is 0 Å². The second-order valence-corrected chi connectivity index (χ2v) is 7.54. The van der Waals surface area contributed by atoms with Crippen LogP contribution in [0.2, 0.25) is 0 Å². The van der Waals surface area contributed by atoms with Gasteiger partial charge in [0.25, 0.3) is 0 Å². The third kappa shape index (κ3) is 4.97. The Kier molecular flexibility index (Phi) is 6.02. The molecule has 0 saturated carbocycles. The summed E-state index contributed by atoms with van der Waals surface area (Å²) in [5, 5.41) is 11.7. The molecular formula is C26H21N7O. The van der Waals surface area contributed by atoms with E-state index < -0.39 is 0 Å². The van der Waals surface area contributed by atoms with E-state index in [9.17, 15) is 4.79 Å². The number of carbonyl (C=O) groups excluding carboxylic acids is 1. The van der Waals surface area contributed by atoms with Crippen molar-refractivity contribution in [2.45, 2.75) is 6.54 Å². The van der Waals surface area contributed by atoms with Gasteiger partial charge in [-0.05, 0) is 42.0 Å². The predicted octanol–water partition coefficient (Wildman–Crippen LogP) is 4.23. The quantitative estimate of drug-likeness (QED) is 0.377. The summed E-state index contributed by atoms with van der Waals surface area (Å²) in [5.41, 5.74) is 4.21. The number of amides is 1. The molecule has 4 aromatic heterocycles. The first kappa shape index (κ1) is 21.0. The summed E-state index contributed by atoms with van der Waals surface area (Å²) in [6.07, 6.45) is 13.8. The largest absolute Gasteiger partial charge is 0.321 e. The van der Waals surface area contributed by atoms with Crippen molar-refractivity contribution in [3.63, 3.8) is 0 Å². The molecular weight excluding hydrogens is 426 g/mol. The molecule has 0 radical (unpaired) electrons. The summed E-state index contributed by atoms with van der Waals surface area (Å²) >= 11 is 0. The van der Waals surface area contributed by atoms with Crippen LogP contribution in [0.5, 0.6) is 0 Å². The van der Waals surface area contributed by atoms with Gasteiger partial charge in [-0.25, -0.2) is 9.67 Å². The molecule has 0 bridgehead atoms. The van der Waals surface area contributed by atoms with E-state index in [-0.39, 0.29) is 5.91 Å². The number of hydrogen-bond acceptors (Lipinski definition) is 5. The van der Waals surface area contributed by atoms with Crippen molar-refractivity contribution in [3.05, 3.63) is 115 Å². The van der Waals surface area contributed by atoms with Gasteiger partial charge in [-0.15, -0.1) is 0 Å². The lowest BCUT2D eigenvalue weighted by Crippen LogP contribution is -2.08. The fraction of sp³-hybridized carbons (Fsp3) is 0.0385. The van der Waals surface area contributed by atoms with Gasteiger partial charge in [0, 0.05) is 48.2 Å². The molecule has 1 aromatic carbocycles. The van der Waals surface area contributed by atoms with Crippen LogP contribution in [-0.2, 0) is 11.3 Å². The average molecular weight is 448 g/mol. The highest BCUT2D eigenvalue weighted by atomic mass is 16.1. The zero-order valence-corrected chi connectivity index (χ0v) is 18.2. The third-order valence-corrected chi connectivity index (χ3v) is 5.08. The van der Waals surface area contributed by atoms with Gasteiger partial charge in [0.2, 0.25) is 5.91 Å². The molecule has 0 saturated heterocycles. The summed E-state index contributed by atoms with van der Waals surface area (Å²) in [6, 6.07) is 19.3. The highest BCUT2D eigenvalue weighted by Crippen LogP contribution is 2.23. The smallest absolute Gasteiger partial charge is 0.248 e. The molecule has 1 amide bonds. The lowest BCUT2D eigenvalue weighted by atomic mass is 10.1. The SMILES string of the molecule is O=C(/C=C/c1cn(Cc2ccccc2)nc1-c1cccnc1)Nc1ccc(-n2cccn2)nc1. The molecule has 0 fully saturated rings. The molecule has 166 valence electrons. The highest BCUT2D eigenvalue weighted by molar-refractivity contribution is 6.02. The first-order valence-electron chi connectivity index (χ1n) is 10.7. The number of nitrogens with one attached hydrogen (secondary N) is 1. The second kappa shape index (κ2) is 9.74. The van der Waals surface area contributed by atoms with Crippen molar-refractivity contribution in [2.75, 3.05) is 5.32 Å². The van der Waals surface area contributed by atoms with Crippen molar-refractivity contribution >= 4 is 17.7 Å². The van der Waals surface area contributed by atoms with E-state index in [0.29, 0.717) is 18.1 Å². The number of anilines is 1. The molecule has 5 aromatic rings. The number of carbonyl (C=O) groups is 1. The molecule has 34 heavy (non-hydrogen) atoms. The Bertz CT molecular complexity index is 1390. The van der Waals surface area contributed by atoms with Crippen molar-refractivity contribution in [1.29, 1.82) is 0 Å². The Labute approximate surface area is 196 Å². The topological polar surface area (TPSA) is 90.5 Å². The van der Waals surface area contributed by atoms with Crippen LogP contribution >= 0.6 is 0 Å². The van der Waals surface area contributed by atoms with Crippen molar-refractivity contribution < 1.29 is 4.79 Å². The van der Waals surface area contributed by atoms with Gasteiger partial charge in [0.05, 0.1) is 18.4 Å². The fourth-order valence-corrected chi connectivity index (χ4v) is 3.49. The van der Waals surface area contributed by atoms with E-state index in [0.717, 1.165) is 22.4 Å². The first-order chi connectivity index (χ1) is 16.7. The summed E-state index contributed by atoms with van der Waals surface area (Å²) in [5.74, 6) is 0.409. The summed E-state index contributed by atoms with van der Waals surface area (Å²) in [7, 11) is 0. The standard InChI is InChI=1S/C26H21N7O/c34-25(30-23-10-11-24(28-17-23)33-15-5-14-29-33)12-9-22-19-32(18-20-6-2-1-3-7-20)31-26(22)21-8-4-13-27-16-21/h1-17,19H,18H2,(H,30,34)/b12-9+. The van der Waals surface area contributed by atoms with Crippen molar-refractivity contribution in [1.82, 2.24) is 29.5 Å². The van der Waals surface area contributed by atoms with Crippen LogP contribution in [0.25, 0.3) is 23.2 Å². The minimum Gasteiger partial charge on any atom is -0.321 e. The maximum absolute atomic E-state index is 12.6. The van der Waals surface area contributed by atoms with E-state index in [1.54, 1.807) is 53.9 Å². The van der Waals surface area contributed by atoms with Gasteiger partial charge in [0.1, 0.15) is 5.69 Å². The minimum absolute atomic E-state index is 0.262. The van der Waals surface area contributed by atoms with Crippen LogP contribution in [0.4, 0.5) is 5.69 Å². The van der Waals surface area contributed by atoms with E-state index in [4.69, 9.17) is 5.10 Å². The Morgan fingerprint density at radius 2 is 1.88 bits per heavy atom. The lowest BCUT2D eigenvalue weighted by Gasteiger charge is -2.04. The number of pyridine rings is 2. The Morgan fingerprint density at radius 1 is 0.971 bits per heavy atom. The molecule has 0 aliphatic heterocycles. The zero-order valence-electron chi connectivity index (χ0n) is 18.2. The number of hydrogen-bond donors (Lipinski definition) is 1. The molecule has 5 rings (SSSR count). The Hall–Kier alpha value is -4.85. The minimum atomic E-state index is -0.262. The van der Waals surface area contributed by atoms with Gasteiger partial charge in [-0.2, -0.15) is 10.2 Å². The maximum atomic E-state index is 12.6. The Morgan fingerprint density at radius 3 is 2.62 bits per heavy atom. The summed E-state index contributed by atoms with van der Waals surface area (Å²) in [6.45, 7) is 0.627. The second-order valence-electron chi connectivity index (χ2n) is 7.54. The van der Waals surface area contributed by atoms with Gasteiger partial charge in [0.15, 0.2) is 5.82 Å². The van der Waals surface area contributed by atoms with Crippen LogP contribution in [0, 0.1) is 0 Å². The first-order valence-corrected chi connectivity index (χ1v) is 10.7. The molecule has 0 aliphatic rings. The lowest BCUT2D eigenvalue weighted by molar-refractivity contribution is -0.111. The van der Waals surface area contributed by atoms with Gasteiger partial charge < -0.3 is 5.32 Å².